The number of amides is 1. The lowest BCUT2D eigenvalue weighted by Gasteiger charge is -2.36. The molecule has 1 saturated heterocycles. The number of halogens is 3. The molecule has 1 atom stereocenters. The largest absolute Gasteiger partial charge is 0.432 e. The fourth-order valence-corrected chi connectivity index (χ4v) is 3.23. The molecule has 1 aromatic carbocycles. The van der Waals surface area contributed by atoms with E-state index in [1.165, 1.54) is 4.90 Å². The van der Waals surface area contributed by atoms with Crippen molar-refractivity contribution in [2.75, 3.05) is 31.1 Å². The first kappa shape index (κ1) is 19.9. The van der Waals surface area contributed by atoms with Gasteiger partial charge >= 0.3 is 12.3 Å². The molecule has 1 aromatic heterocycles. The summed E-state index contributed by atoms with van der Waals surface area (Å²) in [4.78, 5) is 31.0. The van der Waals surface area contributed by atoms with E-state index in [2.05, 4.69) is 14.6 Å². The number of benzene rings is 1. The molecule has 0 bridgehead atoms. The van der Waals surface area contributed by atoms with Crippen molar-refractivity contribution in [2.45, 2.75) is 26.1 Å². The summed E-state index contributed by atoms with van der Waals surface area (Å²) >= 11 is 0. The van der Waals surface area contributed by atoms with Crippen LogP contribution in [0.3, 0.4) is 0 Å². The number of anilines is 1. The number of Topliss-reactive ketones (excluding diaryl/α,β-unsaturated/α-hetero) is 1. The summed E-state index contributed by atoms with van der Waals surface area (Å²) in [6, 6.07) is 9.64. The van der Waals surface area contributed by atoms with Crippen LogP contribution in [-0.2, 0) is 9.53 Å². The van der Waals surface area contributed by atoms with Crippen LogP contribution >= 0.6 is 0 Å². The number of rotatable bonds is 3. The van der Waals surface area contributed by atoms with Crippen LogP contribution in [0.15, 0.2) is 30.3 Å². The zero-order valence-electron chi connectivity index (χ0n) is 15.5. The number of ketones is 1. The number of piperazine rings is 1. The van der Waals surface area contributed by atoms with E-state index in [0.29, 0.717) is 13.1 Å². The van der Waals surface area contributed by atoms with Gasteiger partial charge in [0, 0.05) is 42.9 Å². The highest BCUT2D eigenvalue weighted by Gasteiger charge is 2.47. The Morgan fingerprint density at radius 2 is 1.79 bits per heavy atom. The minimum absolute atomic E-state index is 0.191. The fourth-order valence-electron chi connectivity index (χ4n) is 3.23. The standard InChI is InChI=1S/C19H20F3N3O3/c1-12-11-16(14-5-3-4-6-15(14)23-12)24-7-9-25(10-8-24)18(27)28-17(13(2)26)19(20,21)22/h3-6,11,17H,7-10H2,1-2H3. The quantitative estimate of drug-likeness (QED) is 0.798. The fraction of sp³-hybridized carbons (Fsp3) is 0.421. The molecule has 9 heteroatoms. The van der Waals surface area contributed by atoms with Gasteiger partial charge in [-0.05, 0) is 26.0 Å². The second-order valence-electron chi connectivity index (χ2n) is 6.69. The van der Waals surface area contributed by atoms with Crippen molar-refractivity contribution in [2.24, 2.45) is 0 Å². The van der Waals surface area contributed by atoms with Gasteiger partial charge in [-0.2, -0.15) is 13.2 Å². The number of hydrogen-bond acceptors (Lipinski definition) is 5. The Balaban J connectivity index is 1.70. The van der Waals surface area contributed by atoms with Gasteiger partial charge in [-0.25, -0.2) is 4.79 Å². The van der Waals surface area contributed by atoms with Gasteiger partial charge in [-0.1, -0.05) is 18.2 Å². The Morgan fingerprint density at radius 1 is 1.14 bits per heavy atom. The Kier molecular flexibility index (Phi) is 5.44. The van der Waals surface area contributed by atoms with Crippen molar-refractivity contribution in [1.29, 1.82) is 0 Å². The molecule has 1 aliphatic rings. The second-order valence-corrected chi connectivity index (χ2v) is 6.69. The summed E-state index contributed by atoms with van der Waals surface area (Å²) in [5.74, 6) is -1.25. The third kappa shape index (κ3) is 4.18. The van der Waals surface area contributed by atoms with Gasteiger partial charge in [0.25, 0.3) is 6.10 Å². The van der Waals surface area contributed by atoms with Crippen molar-refractivity contribution in [1.82, 2.24) is 9.88 Å². The molecule has 0 N–H and O–H groups in total. The van der Waals surface area contributed by atoms with E-state index in [1.54, 1.807) is 0 Å². The van der Waals surface area contributed by atoms with Crippen LogP contribution in [0.1, 0.15) is 12.6 Å². The average Bonchev–Trinajstić information content (AvgIpc) is 2.64. The number of carbonyl (C=O) groups excluding carboxylic acids is 2. The molecule has 1 fully saturated rings. The lowest BCUT2D eigenvalue weighted by atomic mass is 10.1. The normalized spacial score (nSPS) is 16.2. The van der Waals surface area contributed by atoms with E-state index < -0.39 is 24.2 Å². The van der Waals surface area contributed by atoms with Gasteiger partial charge < -0.3 is 14.5 Å². The lowest BCUT2D eigenvalue weighted by molar-refractivity contribution is -0.204. The van der Waals surface area contributed by atoms with Crippen LogP contribution in [0.5, 0.6) is 0 Å². The van der Waals surface area contributed by atoms with Crippen LogP contribution < -0.4 is 4.90 Å². The zero-order valence-corrected chi connectivity index (χ0v) is 15.5. The monoisotopic (exact) mass is 395 g/mol. The number of para-hydroxylation sites is 1. The predicted octanol–water partition coefficient (Wildman–Crippen LogP) is 3.32. The van der Waals surface area contributed by atoms with Gasteiger partial charge in [0.15, 0.2) is 5.78 Å². The number of carbonyl (C=O) groups is 2. The number of nitrogens with zero attached hydrogens (tertiary/aromatic N) is 3. The van der Waals surface area contributed by atoms with Crippen LogP contribution in [-0.4, -0.2) is 60.2 Å². The molecular weight excluding hydrogens is 375 g/mol. The molecule has 1 unspecified atom stereocenters. The van der Waals surface area contributed by atoms with E-state index in [4.69, 9.17) is 0 Å². The minimum atomic E-state index is -4.92. The van der Waals surface area contributed by atoms with Gasteiger partial charge in [0.05, 0.1) is 5.52 Å². The Labute approximate surface area is 159 Å². The Morgan fingerprint density at radius 3 is 2.39 bits per heavy atom. The van der Waals surface area contributed by atoms with Gasteiger partial charge in [0.2, 0.25) is 0 Å². The molecule has 0 spiro atoms. The van der Waals surface area contributed by atoms with E-state index in [1.807, 2.05) is 37.3 Å². The number of aryl methyl sites for hydroxylation is 1. The second kappa shape index (κ2) is 7.65. The molecule has 2 heterocycles. The van der Waals surface area contributed by atoms with E-state index in [9.17, 15) is 22.8 Å². The zero-order chi connectivity index (χ0) is 20.5. The molecule has 150 valence electrons. The molecule has 6 nitrogen and oxygen atoms in total. The highest BCUT2D eigenvalue weighted by atomic mass is 19.4. The number of pyridine rings is 1. The summed E-state index contributed by atoms with van der Waals surface area (Å²) in [6.45, 7) is 3.88. The molecule has 3 rings (SSSR count). The summed E-state index contributed by atoms with van der Waals surface area (Å²) in [5.41, 5.74) is 2.67. The van der Waals surface area contributed by atoms with Gasteiger partial charge in [0.1, 0.15) is 0 Å². The SMILES string of the molecule is CC(=O)C(OC(=O)N1CCN(c2cc(C)nc3ccccc23)CC1)C(F)(F)F. The van der Waals surface area contributed by atoms with Gasteiger partial charge in [-0.15, -0.1) is 0 Å². The number of alkyl halides is 3. The highest BCUT2D eigenvalue weighted by Crippen LogP contribution is 2.28. The summed E-state index contributed by atoms with van der Waals surface area (Å²) in [5, 5.41) is 0.970. The first-order valence-electron chi connectivity index (χ1n) is 8.81. The molecule has 1 amide bonds. The van der Waals surface area contributed by atoms with Crippen molar-refractivity contribution in [3.8, 4) is 0 Å². The predicted molar refractivity (Wildman–Crippen MR) is 97.3 cm³/mol. The van der Waals surface area contributed by atoms with Crippen molar-refractivity contribution < 1.29 is 27.5 Å². The summed E-state index contributed by atoms with van der Waals surface area (Å²) in [6.07, 6.45) is -8.78. The van der Waals surface area contributed by atoms with Crippen molar-refractivity contribution >= 4 is 28.5 Å². The maximum Gasteiger partial charge on any atom is 0.432 e. The highest BCUT2D eigenvalue weighted by molar-refractivity contribution is 5.92. The molecule has 28 heavy (non-hydrogen) atoms. The number of fused-ring (bicyclic) bond motifs is 1. The molecule has 0 aliphatic carbocycles. The first-order chi connectivity index (χ1) is 13.2. The minimum Gasteiger partial charge on any atom is -0.428 e. The molecular formula is C19H20F3N3O3. The molecule has 0 saturated carbocycles. The third-order valence-corrected chi connectivity index (χ3v) is 4.59. The van der Waals surface area contributed by atoms with Gasteiger partial charge in [-0.3, -0.25) is 9.78 Å². The number of aromatic nitrogens is 1. The summed E-state index contributed by atoms with van der Waals surface area (Å²) < 4.78 is 42.9. The maximum absolute atomic E-state index is 12.8. The topological polar surface area (TPSA) is 62.7 Å². The van der Waals surface area contributed by atoms with Crippen molar-refractivity contribution in [3.05, 3.63) is 36.0 Å². The van der Waals surface area contributed by atoms with E-state index in [0.717, 1.165) is 29.2 Å². The molecule has 0 radical (unpaired) electrons. The van der Waals surface area contributed by atoms with Crippen molar-refractivity contribution in [3.63, 3.8) is 0 Å². The first-order valence-corrected chi connectivity index (χ1v) is 8.81. The van der Waals surface area contributed by atoms with E-state index >= 15 is 0 Å². The van der Waals surface area contributed by atoms with Crippen LogP contribution in [0.4, 0.5) is 23.7 Å². The van der Waals surface area contributed by atoms with Crippen LogP contribution in [0, 0.1) is 6.92 Å². The Bertz CT molecular complexity index is 893. The van der Waals surface area contributed by atoms with Crippen LogP contribution in [0.25, 0.3) is 10.9 Å². The lowest BCUT2D eigenvalue weighted by Crippen LogP contribution is -2.51. The smallest absolute Gasteiger partial charge is 0.428 e. The number of hydrogen-bond donors (Lipinski definition) is 0. The number of ether oxygens (including phenoxy) is 1. The van der Waals surface area contributed by atoms with E-state index in [-0.39, 0.29) is 13.1 Å². The van der Waals surface area contributed by atoms with Crippen LogP contribution in [0.2, 0.25) is 0 Å². The maximum atomic E-state index is 12.8. The third-order valence-electron chi connectivity index (χ3n) is 4.59. The Hall–Kier alpha value is -2.84. The molecule has 1 aliphatic heterocycles. The molecule has 2 aromatic rings. The average molecular weight is 395 g/mol. The summed E-state index contributed by atoms with van der Waals surface area (Å²) in [7, 11) is 0.